The van der Waals surface area contributed by atoms with Crippen molar-refractivity contribution < 1.29 is 197 Å². The van der Waals surface area contributed by atoms with Crippen LogP contribution in [-0.4, -0.2) is 464 Å². The van der Waals surface area contributed by atoms with Gasteiger partial charge in [-0.1, -0.05) is 27.7 Å². The van der Waals surface area contributed by atoms with E-state index in [0.29, 0.717) is 23.0 Å². The van der Waals surface area contributed by atoms with Gasteiger partial charge in [-0.3, -0.25) is 19.2 Å². The number of carboxylic acid groups (broad SMARTS) is 4. The zero-order valence-electron chi connectivity index (χ0n) is 63.6. The molecule has 0 spiro atoms. The van der Waals surface area contributed by atoms with Crippen molar-refractivity contribution >= 4 is 118 Å². The van der Waals surface area contributed by atoms with Gasteiger partial charge in [0, 0.05) is 69.0 Å². The minimum Gasteiger partial charge on any atom is -0.481 e. The highest BCUT2D eigenvalue weighted by Gasteiger charge is 2.61. The average molecular weight is 1830 g/mol. The summed E-state index contributed by atoms with van der Waals surface area (Å²) in [5, 5.41) is 233. The Morgan fingerprint density at radius 2 is 0.353 bits per heavy atom. The number of aliphatic hydroxyl groups is 16. The Balaban J connectivity index is 1.09. The van der Waals surface area contributed by atoms with Crippen LogP contribution in [-0.2, 0) is 95.0 Å². The number of hydrogen-bond donors (Lipinski definition) is 20. The van der Waals surface area contributed by atoms with E-state index in [0.717, 1.165) is 47.0 Å². The second-order valence-electron chi connectivity index (χ2n) is 28.5. The Morgan fingerprint density at radius 1 is 0.198 bits per heavy atom. The molecule has 0 saturated carbocycles. The first kappa shape index (κ1) is 99.2. The van der Waals surface area contributed by atoms with E-state index in [1.54, 1.807) is 13.8 Å². The first-order valence-electron chi connectivity index (χ1n) is 38.2. The number of aliphatic hydroxyl groups excluding tert-OH is 16. The molecule has 0 aliphatic carbocycles. The molecule has 116 heavy (non-hydrogen) atoms. The summed E-state index contributed by atoms with van der Waals surface area (Å²) in [6, 6.07) is 0. The van der Waals surface area contributed by atoms with Crippen LogP contribution in [0.1, 0.15) is 53.4 Å². The standard InChI is InChI=1S/C68H112O40S8/c1-5-109-17-25-37(77)60-52(92)68(93-25)107-55-28(20-112-8-4)95-61(46(86)39(55)79)101-53-26(18-110-6-2)94-62(45(85)38(53)78)103-56-29(21-113-13-9-33(69)70)98-64(48(88)41(56)81)105-58-31(23-115-15-11-35(73)74)100-66(50(90)43(58)83)106-59-32(24-116-16-12-36(75)76)99-65(49(89)42(59)82)104-57-30(22-114-14-10-34(71)72)97-63(47(87)40(57)80)102-54-27(19-111-7-3)96-67(108-60)51(91)44(54)84/h25-32,37-68,77-92H,5-24H2,1-4H3,(H,69,70)(H,71,72)(H,73,74)(H,75,76)/t25?,26?,27?,28?,29?,30?,31?,32?,37-,38-,39-,40-,41-,42-,43-,44-,45?,46?,47?,48?,49?,50?,51?,52?,53-,54-,55-,56-,57-,58-,59-,60+,61-,62-,63-,64-,65+,66-,67-,68+/m1/s1. The van der Waals surface area contributed by atoms with Gasteiger partial charge < -0.3 is 178 Å². The largest absolute Gasteiger partial charge is 0.481 e. The van der Waals surface area contributed by atoms with Gasteiger partial charge in [-0.2, -0.15) is 94.1 Å². The Bertz CT molecular complexity index is 2950. The molecule has 40 atom stereocenters. The highest BCUT2D eigenvalue weighted by atomic mass is 32.2. The smallest absolute Gasteiger partial charge is 0.304 e. The third kappa shape index (κ3) is 25.9. The summed E-state index contributed by atoms with van der Waals surface area (Å²) in [5.41, 5.74) is 0. The summed E-state index contributed by atoms with van der Waals surface area (Å²) < 4.78 is 101. The molecule has 0 amide bonds. The predicted molar refractivity (Wildman–Crippen MR) is 415 cm³/mol. The maximum absolute atomic E-state index is 12.3. The normalized spacial score (nSPS) is 44.7. The van der Waals surface area contributed by atoms with Crippen LogP contribution in [0.15, 0.2) is 0 Å². The van der Waals surface area contributed by atoms with Gasteiger partial charge in [0.05, 0.1) is 74.5 Å². The van der Waals surface area contributed by atoms with Crippen LogP contribution in [0.3, 0.4) is 0 Å². The van der Waals surface area contributed by atoms with Crippen LogP contribution in [0.4, 0.5) is 0 Å². The number of hydrogen-bond acceptors (Lipinski definition) is 44. The van der Waals surface area contributed by atoms with E-state index in [1.807, 2.05) is 13.8 Å². The van der Waals surface area contributed by atoms with Crippen LogP contribution < -0.4 is 0 Å². The number of carbonyl (C=O) groups is 4. The van der Waals surface area contributed by atoms with Crippen molar-refractivity contribution in [2.24, 2.45) is 0 Å². The van der Waals surface area contributed by atoms with Gasteiger partial charge in [0.25, 0.3) is 0 Å². The number of thioether (sulfide) groups is 8. The van der Waals surface area contributed by atoms with Crippen molar-refractivity contribution in [2.75, 3.05) is 92.0 Å². The van der Waals surface area contributed by atoms with E-state index in [2.05, 4.69) is 0 Å². The lowest BCUT2D eigenvalue weighted by Gasteiger charge is -2.50. The zero-order chi connectivity index (χ0) is 84.5. The van der Waals surface area contributed by atoms with E-state index < -0.39 is 282 Å². The van der Waals surface area contributed by atoms with Gasteiger partial charge in [0.15, 0.2) is 50.3 Å². The van der Waals surface area contributed by atoms with Gasteiger partial charge in [-0.05, 0) is 23.0 Å². The maximum Gasteiger partial charge on any atom is 0.304 e. The van der Waals surface area contributed by atoms with Gasteiger partial charge >= 0.3 is 23.9 Å². The molecule has 672 valence electrons. The Hall–Kier alpha value is -0.600. The lowest BCUT2D eigenvalue weighted by atomic mass is 9.95. The molecule has 0 radical (unpaired) electrons. The van der Waals surface area contributed by atoms with E-state index >= 15 is 0 Å². The topological polar surface area (TPSA) is 621 Å². The molecular formula is C68H112O40S8. The van der Waals surface area contributed by atoms with E-state index in [-0.39, 0.29) is 81.9 Å². The molecule has 19 fully saturated rings. The fourth-order valence-electron chi connectivity index (χ4n) is 14.2. The van der Waals surface area contributed by atoms with Crippen LogP contribution in [0.25, 0.3) is 0 Å². The first-order chi connectivity index (χ1) is 55.3. The van der Waals surface area contributed by atoms with Crippen LogP contribution in [0.5, 0.6) is 0 Å². The molecular weight excluding hydrogens is 1710 g/mol. The van der Waals surface area contributed by atoms with Crippen molar-refractivity contribution in [1.29, 1.82) is 0 Å². The molecule has 19 saturated heterocycles. The molecule has 19 aliphatic heterocycles. The van der Waals surface area contributed by atoms with Crippen molar-refractivity contribution in [2.45, 2.75) is 299 Å². The molecule has 19 rings (SSSR count). The van der Waals surface area contributed by atoms with Gasteiger partial charge in [-0.15, -0.1) is 0 Å². The van der Waals surface area contributed by atoms with E-state index in [9.17, 15) is 121 Å². The third-order valence-electron chi connectivity index (χ3n) is 20.4. The Labute approximate surface area is 701 Å². The molecule has 16 bridgehead atoms. The van der Waals surface area contributed by atoms with Gasteiger partial charge in [0.1, 0.15) is 146 Å². The van der Waals surface area contributed by atoms with Gasteiger partial charge in [-0.25, -0.2) is 0 Å². The SMILES string of the molecule is CCSCC1O[C@H]2O[C@@H]3C(CSCC)O[C@H](O[C@@H]4C(CSCC)O[C@H](O[C@@H]5C(CSCCC(=O)O)O[C@H](O[C@@H]6C(CSCCC(=O)O)O[C@H](O[C@@H]7C(CSCCC(=O)O)O[C@@H](O[C@@H]8C(CSCCC(=O)O)O[C@H](O[C@@H]9C(CSCC)O[C@H](O[C@H](C2O)[C@@H]1O)C(O)[C@H]9O)C(O)[C@H]8O)C(O)[C@H]7O)C(O)[C@H]6O)C(O)[C@H]5O)C(O)[C@H]4O)C(O)[C@H]3O. The quantitative estimate of drug-likeness (QED) is 0.0279. The molecule has 0 aromatic carbocycles. The number of carboxylic acids is 4. The van der Waals surface area contributed by atoms with Crippen molar-refractivity contribution in [1.82, 2.24) is 0 Å². The fraction of sp³-hybridized carbons (Fsp3) is 0.941. The summed E-state index contributed by atoms with van der Waals surface area (Å²) in [6.45, 7) is 7.22. The maximum atomic E-state index is 12.3. The Morgan fingerprint density at radius 3 is 0.534 bits per heavy atom. The van der Waals surface area contributed by atoms with Crippen molar-refractivity contribution in [3.63, 3.8) is 0 Å². The molecule has 48 heteroatoms. The summed E-state index contributed by atoms with van der Waals surface area (Å²) in [5.74, 6) is -4.52. The molecule has 19 aliphatic rings. The highest BCUT2D eigenvalue weighted by Crippen LogP contribution is 2.43. The number of rotatable bonds is 32. The number of aliphatic carboxylic acids is 4. The first-order valence-corrected chi connectivity index (χ1v) is 47.4. The molecule has 0 aromatic heterocycles. The zero-order valence-corrected chi connectivity index (χ0v) is 70.1. The number of ether oxygens (including phenoxy) is 16. The predicted octanol–water partition coefficient (Wildman–Crippen LogP) is -5.50. The second-order valence-corrected chi connectivity index (χ2v) is 38.4. The lowest BCUT2D eigenvalue weighted by Crippen LogP contribution is -2.68. The van der Waals surface area contributed by atoms with Crippen LogP contribution in [0.2, 0.25) is 0 Å². The lowest BCUT2D eigenvalue weighted by molar-refractivity contribution is -0.392. The van der Waals surface area contributed by atoms with Crippen LogP contribution >= 0.6 is 94.1 Å². The minimum atomic E-state index is -2.24. The van der Waals surface area contributed by atoms with Crippen molar-refractivity contribution in [3.8, 4) is 0 Å². The number of fused-ring (bicyclic) bond motifs is 1. The second kappa shape index (κ2) is 47.8. The molecule has 0 aromatic rings. The van der Waals surface area contributed by atoms with E-state index in [1.165, 1.54) is 47.0 Å². The summed E-state index contributed by atoms with van der Waals surface area (Å²) >= 11 is 8.93. The highest BCUT2D eigenvalue weighted by molar-refractivity contribution is 8.00. The van der Waals surface area contributed by atoms with Crippen LogP contribution in [0, 0.1) is 0 Å². The summed E-state index contributed by atoms with van der Waals surface area (Å²) in [7, 11) is 0. The molecule has 19 heterocycles. The molecule has 20 N–H and O–H groups in total. The van der Waals surface area contributed by atoms with E-state index in [4.69, 9.17) is 75.8 Å². The average Bonchev–Trinajstić information content (AvgIpc) is 0.774. The van der Waals surface area contributed by atoms with Gasteiger partial charge in [0.2, 0.25) is 0 Å². The molecule has 16 unspecified atom stereocenters. The monoisotopic (exact) mass is 1820 g/mol. The third-order valence-corrected chi connectivity index (χ3v) is 28.5. The molecule has 40 nitrogen and oxygen atoms in total. The summed E-state index contributed by atoms with van der Waals surface area (Å²) in [4.78, 5) is 47.0. The fourth-order valence-corrected chi connectivity index (χ4v) is 21.1. The summed E-state index contributed by atoms with van der Waals surface area (Å²) in [6.07, 6.45) is -76.1. The minimum absolute atomic E-state index is 0.00370. The van der Waals surface area contributed by atoms with Crippen molar-refractivity contribution in [3.05, 3.63) is 0 Å². The Kier molecular flexibility index (Phi) is 40.9.